The highest BCUT2D eigenvalue weighted by Crippen LogP contribution is 2.15. The minimum absolute atomic E-state index is 0.0443. The molecule has 0 heterocycles. The van der Waals surface area contributed by atoms with Crippen molar-refractivity contribution in [1.82, 2.24) is 16.0 Å². The standard InChI is InChI=1S/C32H37F2N3O5/c1-3-21-6-4-7-22(12-21)18-35-19-29(38)28(15-23-13-26(33)17-27(34)14-23)37-32(42)25-11-20(2)10-24(16-25)31(41)36-9-5-8-30(39)40/h4,6-7,10-14,16-17,28-29,35,38H,3,5,8-9,15,18-19H2,1-2H3,(H,36,41)(H,37,42)(H,39,40)/t28-,29-/m0/s1. The molecule has 0 spiro atoms. The van der Waals surface area contributed by atoms with E-state index in [1.807, 2.05) is 18.2 Å². The lowest BCUT2D eigenvalue weighted by molar-refractivity contribution is -0.137. The summed E-state index contributed by atoms with van der Waals surface area (Å²) < 4.78 is 27.8. The van der Waals surface area contributed by atoms with Gasteiger partial charge in [0.2, 0.25) is 0 Å². The van der Waals surface area contributed by atoms with Crippen LogP contribution in [0.2, 0.25) is 0 Å². The molecule has 0 saturated heterocycles. The van der Waals surface area contributed by atoms with Crippen molar-refractivity contribution in [3.8, 4) is 0 Å². The number of carboxylic acid groups (broad SMARTS) is 1. The summed E-state index contributed by atoms with van der Waals surface area (Å²) in [6.07, 6.45) is -0.0882. The zero-order valence-electron chi connectivity index (χ0n) is 23.8. The van der Waals surface area contributed by atoms with Crippen LogP contribution >= 0.6 is 0 Å². The number of nitrogens with one attached hydrogen (secondary N) is 3. The summed E-state index contributed by atoms with van der Waals surface area (Å²) in [5.41, 5.74) is 3.49. The van der Waals surface area contributed by atoms with Crippen molar-refractivity contribution in [2.45, 2.75) is 58.2 Å². The van der Waals surface area contributed by atoms with Gasteiger partial charge in [-0.2, -0.15) is 0 Å². The van der Waals surface area contributed by atoms with Crippen molar-refractivity contribution in [2.75, 3.05) is 13.1 Å². The van der Waals surface area contributed by atoms with Crippen LogP contribution in [0, 0.1) is 18.6 Å². The number of halogens is 2. The fourth-order valence-electron chi connectivity index (χ4n) is 4.57. The number of carbonyl (C=O) groups excluding carboxylic acids is 2. The van der Waals surface area contributed by atoms with Crippen LogP contribution in [0.25, 0.3) is 0 Å². The van der Waals surface area contributed by atoms with Gasteiger partial charge in [-0.15, -0.1) is 0 Å². The summed E-state index contributed by atoms with van der Waals surface area (Å²) in [7, 11) is 0. The van der Waals surface area contributed by atoms with E-state index in [4.69, 9.17) is 5.11 Å². The topological polar surface area (TPSA) is 128 Å². The van der Waals surface area contributed by atoms with E-state index >= 15 is 0 Å². The van der Waals surface area contributed by atoms with E-state index in [9.17, 15) is 28.3 Å². The molecule has 3 aromatic carbocycles. The van der Waals surface area contributed by atoms with E-state index in [1.54, 1.807) is 19.1 Å². The second-order valence-corrected chi connectivity index (χ2v) is 10.3. The van der Waals surface area contributed by atoms with E-state index in [0.717, 1.165) is 30.2 Å². The van der Waals surface area contributed by atoms with Gasteiger partial charge in [-0.1, -0.05) is 31.2 Å². The van der Waals surface area contributed by atoms with Crippen molar-refractivity contribution >= 4 is 17.8 Å². The van der Waals surface area contributed by atoms with Gasteiger partial charge in [0.1, 0.15) is 11.6 Å². The normalized spacial score (nSPS) is 12.4. The first-order chi connectivity index (χ1) is 20.0. The number of hydrogen-bond acceptors (Lipinski definition) is 5. The van der Waals surface area contributed by atoms with Gasteiger partial charge in [0, 0.05) is 43.2 Å². The molecule has 42 heavy (non-hydrogen) atoms. The van der Waals surface area contributed by atoms with Crippen molar-refractivity contribution < 1.29 is 33.4 Å². The lowest BCUT2D eigenvalue weighted by Gasteiger charge is -2.25. The first-order valence-electron chi connectivity index (χ1n) is 13.9. The number of aliphatic hydroxyl groups excluding tert-OH is 1. The number of aliphatic carboxylic acids is 1. The molecule has 3 aromatic rings. The molecule has 0 saturated carbocycles. The van der Waals surface area contributed by atoms with Gasteiger partial charge < -0.3 is 26.2 Å². The lowest BCUT2D eigenvalue weighted by Crippen LogP contribution is -2.48. The first-order valence-corrected chi connectivity index (χ1v) is 13.9. The lowest BCUT2D eigenvalue weighted by atomic mass is 9.99. The summed E-state index contributed by atoms with van der Waals surface area (Å²) >= 11 is 0. The zero-order valence-corrected chi connectivity index (χ0v) is 23.8. The molecule has 0 aliphatic carbocycles. The Bertz CT molecular complexity index is 1380. The van der Waals surface area contributed by atoms with Crippen molar-refractivity contribution in [3.63, 3.8) is 0 Å². The maximum atomic E-state index is 13.9. The van der Waals surface area contributed by atoms with E-state index in [1.165, 1.54) is 11.6 Å². The molecule has 2 amide bonds. The first kappa shape index (κ1) is 32.4. The number of carbonyl (C=O) groups is 3. The molecule has 224 valence electrons. The van der Waals surface area contributed by atoms with Crippen molar-refractivity contribution in [1.29, 1.82) is 0 Å². The largest absolute Gasteiger partial charge is 0.481 e. The molecule has 0 bridgehead atoms. The quantitative estimate of drug-likeness (QED) is 0.173. The van der Waals surface area contributed by atoms with Gasteiger partial charge in [0.25, 0.3) is 11.8 Å². The molecule has 8 nitrogen and oxygen atoms in total. The summed E-state index contributed by atoms with van der Waals surface area (Å²) in [6.45, 7) is 4.51. The molecule has 3 rings (SSSR count). The third-order valence-electron chi connectivity index (χ3n) is 6.70. The van der Waals surface area contributed by atoms with E-state index in [0.29, 0.717) is 12.1 Å². The second kappa shape index (κ2) is 15.7. The zero-order chi connectivity index (χ0) is 30.6. The van der Waals surface area contributed by atoms with E-state index in [-0.39, 0.29) is 49.0 Å². The summed E-state index contributed by atoms with van der Waals surface area (Å²) in [4.78, 5) is 36.6. The Morgan fingerprint density at radius 1 is 0.881 bits per heavy atom. The van der Waals surface area contributed by atoms with E-state index < -0.39 is 41.6 Å². The van der Waals surface area contributed by atoms with Crippen LogP contribution in [0.5, 0.6) is 0 Å². The number of aliphatic hydroxyl groups is 1. The molecule has 0 aliphatic heterocycles. The number of aryl methyl sites for hydroxylation is 2. The van der Waals surface area contributed by atoms with Gasteiger partial charge in [-0.3, -0.25) is 14.4 Å². The number of benzene rings is 3. The number of hydrogen-bond donors (Lipinski definition) is 5. The predicted molar refractivity (Wildman–Crippen MR) is 155 cm³/mol. The highest BCUT2D eigenvalue weighted by atomic mass is 19.1. The molecule has 0 radical (unpaired) electrons. The summed E-state index contributed by atoms with van der Waals surface area (Å²) in [5, 5.41) is 28.4. The van der Waals surface area contributed by atoms with Crippen LogP contribution in [0.3, 0.4) is 0 Å². The van der Waals surface area contributed by atoms with Crippen LogP contribution in [-0.4, -0.2) is 53.2 Å². The Morgan fingerprint density at radius 2 is 1.55 bits per heavy atom. The SMILES string of the molecule is CCc1cccc(CNC[C@H](O)[C@H](Cc2cc(F)cc(F)c2)NC(=O)c2cc(C)cc(C(=O)NCCCC(=O)O)c2)c1. The summed E-state index contributed by atoms with van der Waals surface area (Å²) in [5.74, 6) is -3.53. The molecule has 2 atom stereocenters. The number of amides is 2. The predicted octanol–water partition coefficient (Wildman–Crippen LogP) is 3.92. The van der Waals surface area contributed by atoms with Crippen LogP contribution in [0.15, 0.2) is 60.7 Å². The smallest absolute Gasteiger partial charge is 0.303 e. The van der Waals surface area contributed by atoms with Crippen LogP contribution in [0.1, 0.15) is 62.7 Å². The van der Waals surface area contributed by atoms with Crippen molar-refractivity contribution in [2.24, 2.45) is 0 Å². The molecule has 0 unspecified atom stereocenters. The molecule has 0 aromatic heterocycles. The molecule has 10 heteroatoms. The highest BCUT2D eigenvalue weighted by Gasteiger charge is 2.24. The minimum Gasteiger partial charge on any atom is -0.481 e. The average molecular weight is 582 g/mol. The number of rotatable bonds is 15. The Kier molecular flexibility index (Phi) is 12.1. The number of carboxylic acids is 1. The molecule has 5 N–H and O–H groups in total. The molecular weight excluding hydrogens is 544 g/mol. The van der Waals surface area contributed by atoms with Gasteiger partial charge in [0.05, 0.1) is 12.1 Å². The van der Waals surface area contributed by atoms with Crippen molar-refractivity contribution in [3.05, 3.63) is 106 Å². The van der Waals surface area contributed by atoms with Crippen LogP contribution < -0.4 is 16.0 Å². The monoisotopic (exact) mass is 581 g/mol. The van der Waals surface area contributed by atoms with Gasteiger partial charge in [-0.25, -0.2) is 8.78 Å². The summed E-state index contributed by atoms with van der Waals surface area (Å²) in [6, 6.07) is 14.7. The average Bonchev–Trinajstić information content (AvgIpc) is 2.94. The van der Waals surface area contributed by atoms with Gasteiger partial charge in [0.15, 0.2) is 0 Å². The molecular formula is C32H37F2N3O5. The van der Waals surface area contributed by atoms with Crippen LogP contribution in [0.4, 0.5) is 8.78 Å². The Balaban J connectivity index is 1.74. The maximum absolute atomic E-state index is 13.9. The van der Waals surface area contributed by atoms with Gasteiger partial charge in [-0.05, 0) is 78.8 Å². The van der Waals surface area contributed by atoms with E-state index in [2.05, 4.69) is 28.9 Å². The highest BCUT2D eigenvalue weighted by molar-refractivity contribution is 6.00. The third kappa shape index (κ3) is 10.4. The molecule has 0 aliphatic rings. The fraction of sp³-hybridized carbons (Fsp3) is 0.344. The Labute approximate surface area is 244 Å². The Morgan fingerprint density at radius 3 is 2.21 bits per heavy atom. The minimum atomic E-state index is -1.11. The fourth-order valence-corrected chi connectivity index (χ4v) is 4.57. The van der Waals surface area contributed by atoms with Crippen LogP contribution in [-0.2, 0) is 24.2 Å². The maximum Gasteiger partial charge on any atom is 0.303 e. The van der Waals surface area contributed by atoms with Gasteiger partial charge >= 0.3 is 5.97 Å². The second-order valence-electron chi connectivity index (χ2n) is 10.3. The molecule has 0 fully saturated rings. The Hall–Kier alpha value is -4.15. The third-order valence-corrected chi connectivity index (χ3v) is 6.70.